The highest BCUT2D eigenvalue weighted by Gasteiger charge is 2.60. The van der Waals surface area contributed by atoms with E-state index < -0.39 is 30.4 Å². The van der Waals surface area contributed by atoms with Gasteiger partial charge >= 0.3 is 12.1 Å². The molecule has 0 spiro atoms. The second-order valence-corrected chi connectivity index (χ2v) is 10.8. The van der Waals surface area contributed by atoms with Crippen LogP contribution in [0.1, 0.15) is 52.3 Å². The first-order valence-electron chi connectivity index (χ1n) is 12.0. The molecule has 36 heavy (non-hydrogen) atoms. The number of carbonyl (C=O) groups is 3. The molecule has 1 N–H and O–H groups in total. The molecule has 2 aliphatic rings. The molecule has 5 atom stereocenters. The van der Waals surface area contributed by atoms with Crippen LogP contribution in [0.3, 0.4) is 0 Å². The van der Waals surface area contributed by atoms with E-state index in [1.807, 2.05) is 37.6 Å². The van der Waals surface area contributed by atoms with E-state index in [2.05, 4.69) is 4.98 Å². The Morgan fingerprint density at radius 3 is 2.53 bits per heavy atom. The molecule has 0 aromatic carbocycles. The number of fused-ring (bicyclic) bond motifs is 2. The number of thioether (sulfide) groups is 1. The monoisotopic (exact) mass is 537 g/mol. The zero-order chi connectivity index (χ0) is 26.3. The molecule has 2 aromatic heterocycles. The van der Waals surface area contributed by atoms with Crippen LogP contribution in [0.25, 0.3) is 10.4 Å². The molecule has 1 saturated heterocycles. The second kappa shape index (κ2) is 10.4. The number of imidazole rings is 1. The van der Waals surface area contributed by atoms with Gasteiger partial charge in [0.2, 0.25) is 12.2 Å². The number of ether oxygens (including phenoxy) is 3. The highest BCUT2D eigenvalue weighted by molar-refractivity contribution is 7.98. The normalized spacial score (nSPS) is 23.1. The minimum absolute atomic E-state index is 0.112. The summed E-state index contributed by atoms with van der Waals surface area (Å²) in [6.07, 6.45) is 3.52. The third-order valence-electron chi connectivity index (χ3n) is 6.71. The molecule has 12 heteroatoms. The Labute approximate surface area is 217 Å². The molecule has 2 aliphatic heterocycles. The van der Waals surface area contributed by atoms with E-state index in [4.69, 9.17) is 14.2 Å². The maximum absolute atomic E-state index is 13.4. The van der Waals surface area contributed by atoms with Gasteiger partial charge in [0.25, 0.3) is 0 Å². The zero-order valence-corrected chi connectivity index (χ0v) is 22.7. The molecule has 0 bridgehead atoms. The van der Waals surface area contributed by atoms with Crippen LogP contribution >= 0.6 is 23.1 Å². The standard InChI is InChI=1S/C24H31N3O7S2/c1-7-14(8-2)34-24(31)33-13(5)32-23(30)19-16(11(3)18-17(12(4)28)21(29)27(18)19)15-9-26-10-25-20(35-6)22(26)36-15/h9-14,17-18,28H,7-8H2,1-6H3/t11-,12+,13?,17+,18+/m0/s1. The molecule has 4 heterocycles. The summed E-state index contributed by atoms with van der Waals surface area (Å²) in [4.78, 5) is 46.0. The Hall–Kier alpha value is -2.57. The molecular weight excluding hydrogens is 506 g/mol. The van der Waals surface area contributed by atoms with Gasteiger partial charge in [-0.2, -0.15) is 0 Å². The van der Waals surface area contributed by atoms with Crippen molar-refractivity contribution < 1.29 is 33.7 Å². The van der Waals surface area contributed by atoms with E-state index in [1.165, 1.54) is 34.9 Å². The molecule has 1 unspecified atom stereocenters. The fourth-order valence-electron chi connectivity index (χ4n) is 4.91. The first kappa shape index (κ1) is 26.5. The van der Waals surface area contributed by atoms with Crippen molar-refractivity contribution in [3.63, 3.8) is 0 Å². The number of carbonyl (C=O) groups excluding carboxylic acids is 3. The largest absolute Gasteiger partial charge is 0.511 e. The average Bonchev–Trinajstić information content (AvgIpc) is 3.46. The summed E-state index contributed by atoms with van der Waals surface area (Å²) >= 11 is 2.99. The maximum Gasteiger partial charge on any atom is 0.511 e. The summed E-state index contributed by atoms with van der Waals surface area (Å²) in [5, 5.41) is 11.1. The van der Waals surface area contributed by atoms with Crippen molar-refractivity contribution in [1.82, 2.24) is 14.3 Å². The number of aromatic nitrogens is 2. The Morgan fingerprint density at radius 1 is 1.22 bits per heavy atom. The van der Waals surface area contributed by atoms with Crippen LogP contribution in [0.2, 0.25) is 0 Å². The number of rotatable bonds is 9. The van der Waals surface area contributed by atoms with Gasteiger partial charge in [-0.25, -0.2) is 14.6 Å². The molecule has 0 radical (unpaired) electrons. The first-order valence-corrected chi connectivity index (χ1v) is 14.0. The van der Waals surface area contributed by atoms with Crippen molar-refractivity contribution in [3.8, 4) is 0 Å². The summed E-state index contributed by atoms with van der Waals surface area (Å²) in [7, 11) is 0. The van der Waals surface area contributed by atoms with Crippen LogP contribution in [0, 0.1) is 11.8 Å². The van der Waals surface area contributed by atoms with Crippen LogP contribution < -0.4 is 0 Å². The quantitative estimate of drug-likeness (QED) is 0.220. The van der Waals surface area contributed by atoms with Gasteiger partial charge in [-0.1, -0.05) is 20.8 Å². The SMILES string of the molecule is CCC(CC)OC(=O)OC(C)OC(=O)C1=C(c2cn3cnc(SC)c3s2)[C@H](C)[C@@H]2[C@@H]([C@@H](C)O)C(=O)N12. The molecule has 0 aliphatic carbocycles. The molecule has 1 fully saturated rings. The molecule has 0 saturated carbocycles. The van der Waals surface area contributed by atoms with Crippen molar-refractivity contribution in [2.45, 2.75) is 77.0 Å². The van der Waals surface area contributed by atoms with Crippen LogP contribution in [-0.2, 0) is 23.8 Å². The van der Waals surface area contributed by atoms with Gasteiger partial charge in [-0.15, -0.1) is 23.1 Å². The minimum Gasteiger partial charge on any atom is -0.431 e. The molecule has 4 rings (SSSR count). The van der Waals surface area contributed by atoms with Crippen molar-refractivity contribution in [2.75, 3.05) is 6.26 Å². The van der Waals surface area contributed by atoms with Crippen LogP contribution in [0.4, 0.5) is 4.79 Å². The van der Waals surface area contributed by atoms with Gasteiger partial charge in [-0.3, -0.25) is 9.20 Å². The Kier molecular flexibility index (Phi) is 7.67. The lowest BCUT2D eigenvalue weighted by molar-refractivity contribution is -0.174. The third kappa shape index (κ3) is 4.50. The zero-order valence-electron chi connectivity index (χ0n) is 21.1. The highest BCUT2D eigenvalue weighted by Crippen LogP contribution is 2.52. The van der Waals surface area contributed by atoms with Crippen LogP contribution in [-0.4, -0.2) is 68.2 Å². The summed E-state index contributed by atoms with van der Waals surface area (Å²) in [5.74, 6) is -1.95. The van der Waals surface area contributed by atoms with E-state index >= 15 is 0 Å². The number of β-lactam (4-membered cyclic amide) rings is 1. The van der Waals surface area contributed by atoms with Crippen LogP contribution in [0.15, 0.2) is 23.2 Å². The van der Waals surface area contributed by atoms with Crippen molar-refractivity contribution in [2.24, 2.45) is 11.8 Å². The lowest BCUT2D eigenvalue weighted by Crippen LogP contribution is -2.63. The fourth-order valence-corrected chi connectivity index (χ4v) is 6.83. The first-order chi connectivity index (χ1) is 17.1. The number of aliphatic hydroxyl groups excluding tert-OH is 1. The number of amides is 1. The fraction of sp³-hybridized carbons (Fsp3) is 0.583. The Morgan fingerprint density at radius 2 is 1.92 bits per heavy atom. The highest BCUT2D eigenvalue weighted by atomic mass is 32.2. The maximum atomic E-state index is 13.4. The van der Waals surface area contributed by atoms with E-state index in [9.17, 15) is 19.5 Å². The summed E-state index contributed by atoms with van der Waals surface area (Å²) in [6, 6.07) is -0.370. The number of thiazole rings is 1. The average molecular weight is 538 g/mol. The molecule has 1 amide bonds. The Bertz CT molecular complexity index is 1200. The third-order valence-corrected chi connectivity index (χ3v) is 8.67. The number of esters is 1. The lowest BCUT2D eigenvalue weighted by atomic mass is 9.77. The van der Waals surface area contributed by atoms with Crippen molar-refractivity contribution >= 4 is 51.5 Å². The number of hydrogen-bond donors (Lipinski definition) is 1. The number of aliphatic hydroxyl groups is 1. The number of nitrogens with zero attached hydrogens (tertiary/aromatic N) is 3. The van der Waals surface area contributed by atoms with Gasteiger partial charge in [-0.05, 0) is 26.0 Å². The predicted molar refractivity (Wildman–Crippen MR) is 134 cm³/mol. The van der Waals surface area contributed by atoms with Crippen LogP contribution in [0.5, 0.6) is 0 Å². The second-order valence-electron chi connectivity index (χ2n) is 8.98. The summed E-state index contributed by atoms with van der Waals surface area (Å²) < 4.78 is 17.7. The summed E-state index contributed by atoms with van der Waals surface area (Å²) in [5.41, 5.74) is 0.774. The lowest BCUT2D eigenvalue weighted by Gasteiger charge is -2.46. The predicted octanol–water partition coefficient (Wildman–Crippen LogP) is 3.92. The molecular formula is C24H31N3O7S2. The molecule has 2 aromatic rings. The van der Waals surface area contributed by atoms with Crippen molar-refractivity contribution in [1.29, 1.82) is 0 Å². The Balaban J connectivity index is 1.63. The van der Waals surface area contributed by atoms with Crippen molar-refractivity contribution in [3.05, 3.63) is 23.1 Å². The van der Waals surface area contributed by atoms with E-state index in [0.717, 1.165) is 14.7 Å². The molecule has 196 valence electrons. The minimum atomic E-state index is -1.22. The molecule has 10 nitrogen and oxygen atoms in total. The van der Waals surface area contributed by atoms with Gasteiger partial charge in [0, 0.05) is 24.6 Å². The van der Waals surface area contributed by atoms with E-state index in [1.54, 1.807) is 13.3 Å². The smallest absolute Gasteiger partial charge is 0.431 e. The number of hydrogen-bond acceptors (Lipinski definition) is 10. The topological polar surface area (TPSA) is 120 Å². The van der Waals surface area contributed by atoms with Gasteiger partial charge in [0.1, 0.15) is 28.0 Å². The van der Waals surface area contributed by atoms with Gasteiger partial charge in [0.15, 0.2) is 0 Å². The van der Waals surface area contributed by atoms with E-state index in [0.29, 0.717) is 18.4 Å². The van der Waals surface area contributed by atoms with E-state index in [-0.39, 0.29) is 29.7 Å². The van der Waals surface area contributed by atoms with Gasteiger partial charge in [0.05, 0.1) is 22.9 Å². The van der Waals surface area contributed by atoms with Gasteiger partial charge < -0.3 is 24.2 Å². The summed E-state index contributed by atoms with van der Waals surface area (Å²) in [6.45, 7) is 8.72.